The summed E-state index contributed by atoms with van der Waals surface area (Å²) >= 11 is 0. The van der Waals surface area contributed by atoms with Crippen LogP contribution in [0.3, 0.4) is 0 Å². The van der Waals surface area contributed by atoms with Gasteiger partial charge in [-0.2, -0.15) is 0 Å². The number of piperazine rings is 1. The van der Waals surface area contributed by atoms with Crippen LogP contribution in [0.15, 0.2) is 42.5 Å². The number of anilines is 2. The van der Waals surface area contributed by atoms with Crippen LogP contribution < -0.4 is 11.1 Å². The van der Waals surface area contributed by atoms with E-state index in [1.807, 2.05) is 17.9 Å². The van der Waals surface area contributed by atoms with E-state index in [2.05, 4.69) is 5.32 Å². The molecule has 0 unspecified atom stereocenters. The lowest BCUT2D eigenvalue weighted by atomic mass is 10.1. The highest BCUT2D eigenvalue weighted by atomic mass is 35.5. The third kappa shape index (κ3) is 6.59. The summed E-state index contributed by atoms with van der Waals surface area (Å²) in [6.07, 6.45) is 0. The van der Waals surface area contributed by atoms with Crippen molar-refractivity contribution in [2.24, 2.45) is 0 Å². The van der Waals surface area contributed by atoms with Crippen molar-refractivity contribution in [1.82, 2.24) is 9.80 Å². The monoisotopic (exact) mass is 442 g/mol. The maximum absolute atomic E-state index is 12.9. The minimum absolute atomic E-state index is 0. The number of nitrogens with one attached hydrogen (secondary N) is 1. The van der Waals surface area contributed by atoms with E-state index in [0.717, 1.165) is 5.56 Å². The first-order chi connectivity index (χ1) is 12.9. The average molecular weight is 443 g/mol. The molecular weight excluding hydrogens is 418 g/mol. The summed E-state index contributed by atoms with van der Waals surface area (Å²) in [5.74, 6) is -0.535. The molecule has 29 heavy (non-hydrogen) atoms. The van der Waals surface area contributed by atoms with Gasteiger partial charge in [0.25, 0.3) is 5.91 Å². The summed E-state index contributed by atoms with van der Waals surface area (Å²) in [6.45, 7) is 4.46. The number of hydrogen-bond donors (Lipinski definition) is 2. The predicted molar refractivity (Wildman–Crippen MR) is 117 cm³/mol. The topological polar surface area (TPSA) is 78.7 Å². The summed E-state index contributed by atoms with van der Waals surface area (Å²) < 4.78 is 12.9. The van der Waals surface area contributed by atoms with Crippen LogP contribution in [-0.2, 0) is 4.79 Å². The van der Waals surface area contributed by atoms with E-state index in [-0.39, 0.29) is 49.0 Å². The molecule has 9 heteroatoms. The zero-order chi connectivity index (χ0) is 19.4. The summed E-state index contributed by atoms with van der Waals surface area (Å²) in [5, 5.41) is 2.75. The summed E-state index contributed by atoms with van der Waals surface area (Å²) in [4.78, 5) is 28.6. The van der Waals surface area contributed by atoms with Gasteiger partial charge in [-0.1, -0.05) is 6.07 Å². The van der Waals surface area contributed by atoms with Gasteiger partial charge in [0.1, 0.15) is 5.82 Å². The molecule has 2 amide bonds. The number of carbonyl (C=O) groups is 2. The van der Waals surface area contributed by atoms with Crippen molar-refractivity contribution in [3.05, 3.63) is 59.4 Å². The van der Waals surface area contributed by atoms with E-state index in [1.165, 1.54) is 24.3 Å². The van der Waals surface area contributed by atoms with Gasteiger partial charge in [-0.3, -0.25) is 14.5 Å². The van der Waals surface area contributed by atoms with Crippen LogP contribution in [-0.4, -0.2) is 54.3 Å². The molecule has 0 spiro atoms. The van der Waals surface area contributed by atoms with Crippen LogP contribution in [0.25, 0.3) is 0 Å². The fraction of sp³-hybridized carbons (Fsp3) is 0.300. The molecule has 1 aliphatic rings. The van der Waals surface area contributed by atoms with Crippen LogP contribution >= 0.6 is 24.8 Å². The Bertz CT molecular complexity index is 841. The van der Waals surface area contributed by atoms with E-state index in [9.17, 15) is 14.0 Å². The molecule has 0 radical (unpaired) electrons. The number of nitrogens with zero attached hydrogens (tertiary/aromatic N) is 2. The molecule has 1 aliphatic heterocycles. The Morgan fingerprint density at radius 3 is 2.28 bits per heavy atom. The number of hydrogen-bond acceptors (Lipinski definition) is 4. The smallest absolute Gasteiger partial charge is 0.254 e. The number of amides is 2. The Kier molecular flexibility index (Phi) is 9.36. The van der Waals surface area contributed by atoms with Crippen molar-refractivity contribution in [3.63, 3.8) is 0 Å². The highest BCUT2D eigenvalue weighted by Crippen LogP contribution is 2.16. The minimum atomic E-state index is -0.343. The molecule has 1 fully saturated rings. The van der Waals surface area contributed by atoms with E-state index >= 15 is 0 Å². The van der Waals surface area contributed by atoms with E-state index < -0.39 is 0 Å². The Morgan fingerprint density at radius 1 is 1.03 bits per heavy atom. The molecule has 0 aliphatic carbocycles. The molecule has 0 atom stereocenters. The molecule has 0 aromatic heterocycles. The van der Waals surface area contributed by atoms with Crippen LogP contribution in [0.2, 0.25) is 0 Å². The van der Waals surface area contributed by atoms with E-state index in [1.54, 1.807) is 17.0 Å². The maximum atomic E-state index is 12.9. The van der Waals surface area contributed by atoms with Crippen molar-refractivity contribution in [2.75, 3.05) is 43.8 Å². The highest BCUT2D eigenvalue weighted by Gasteiger charge is 2.24. The first-order valence-corrected chi connectivity index (χ1v) is 8.85. The predicted octanol–water partition coefficient (Wildman–Crippen LogP) is 2.96. The zero-order valence-corrected chi connectivity index (χ0v) is 17.7. The van der Waals surface area contributed by atoms with Gasteiger partial charge in [0.15, 0.2) is 0 Å². The van der Waals surface area contributed by atoms with Gasteiger partial charge in [-0.15, -0.1) is 24.8 Å². The summed E-state index contributed by atoms with van der Waals surface area (Å²) in [7, 11) is 0. The Balaban J connectivity index is 0.00000210. The van der Waals surface area contributed by atoms with E-state index in [0.29, 0.717) is 43.1 Å². The van der Waals surface area contributed by atoms with Gasteiger partial charge < -0.3 is 16.0 Å². The number of benzene rings is 2. The number of halogens is 3. The van der Waals surface area contributed by atoms with Crippen molar-refractivity contribution in [3.8, 4) is 0 Å². The second kappa shape index (κ2) is 11.0. The molecular formula is C20H25Cl2FN4O2. The summed E-state index contributed by atoms with van der Waals surface area (Å²) in [5.41, 5.74) is 8.45. The Hall–Kier alpha value is -2.35. The molecule has 0 bridgehead atoms. The van der Waals surface area contributed by atoms with Gasteiger partial charge in [-0.05, 0) is 48.9 Å². The number of aryl methyl sites for hydroxylation is 1. The molecule has 3 rings (SSSR count). The Morgan fingerprint density at radius 2 is 1.66 bits per heavy atom. The average Bonchev–Trinajstić information content (AvgIpc) is 2.65. The molecule has 158 valence electrons. The molecule has 6 nitrogen and oxygen atoms in total. The molecule has 3 N–H and O–H groups in total. The van der Waals surface area contributed by atoms with Crippen LogP contribution in [0, 0.1) is 12.7 Å². The third-order valence-electron chi connectivity index (χ3n) is 4.65. The lowest BCUT2D eigenvalue weighted by Gasteiger charge is -2.34. The molecule has 1 heterocycles. The Labute approximate surface area is 182 Å². The normalized spacial score (nSPS) is 13.8. The van der Waals surface area contributed by atoms with Gasteiger partial charge >= 0.3 is 0 Å². The number of nitrogens with two attached hydrogens (primary N) is 1. The lowest BCUT2D eigenvalue weighted by molar-refractivity contribution is -0.117. The maximum Gasteiger partial charge on any atom is 0.254 e. The van der Waals surface area contributed by atoms with E-state index in [4.69, 9.17) is 5.73 Å². The van der Waals surface area contributed by atoms with Gasteiger partial charge in [-0.25, -0.2) is 4.39 Å². The first kappa shape index (κ1) is 24.7. The van der Waals surface area contributed by atoms with Crippen LogP contribution in [0.4, 0.5) is 15.8 Å². The second-order valence-corrected chi connectivity index (χ2v) is 6.70. The summed E-state index contributed by atoms with van der Waals surface area (Å²) in [6, 6.07) is 11.0. The molecule has 2 aromatic rings. The van der Waals surface area contributed by atoms with Crippen molar-refractivity contribution in [1.29, 1.82) is 0 Å². The first-order valence-electron chi connectivity index (χ1n) is 8.85. The van der Waals surface area contributed by atoms with Gasteiger partial charge in [0, 0.05) is 43.1 Å². The SMILES string of the molecule is Cc1ccc(N)cc1C(=O)N1CCN(CC(=O)Nc2ccc(F)cc2)CC1.Cl.Cl. The minimum Gasteiger partial charge on any atom is -0.399 e. The van der Waals surface area contributed by atoms with Crippen LogP contribution in [0.5, 0.6) is 0 Å². The van der Waals surface area contributed by atoms with Crippen LogP contribution in [0.1, 0.15) is 15.9 Å². The van der Waals surface area contributed by atoms with Gasteiger partial charge in [0.05, 0.1) is 6.54 Å². The highest BCUT2D eigenvalue weighted by molar-refractivity contribution is 5.96. The number of carbonyl (C=O) groups excluding carboxylic acids is 2. The third-order valence-corrected chi connectivity index (χ3v) is 4.65. The van der Waals surface area contributed by atoms with Crippen molar-refractivity contribution >= 4 is 48.0 Å². The molecule has 2 aromatic carbocycles. The van der Waals surface area contributed by atoms with Crippen molar-refractivity contribution in [2.45, 2.75) is 6.92 Å². The van der Waals surface area contributed by atoms with Gasteiger partial charge in [0.2, 0.25) is 5.91 Å². The number of rotatable bonds is 4. The standard InChI is InChI=1S/C20H23FN4O2.2ClH/c1-14-2-5-16(22)12-18(14)20(27)25-10-8-24(9-11-25)13-19(26)23-17-6-3-15(21)4-7-17;;/h2-7,12H,8-11,13,22H2,1H3,(H,23,26);2*1H. The fourth-order valence-corrected chi connectivity index (χ4v) is 3.09. The van der Waals surface area contributed by atoms with Crippen molar-refractivity contribution < 1.29 is 14.0 Å². The lowest BCUT2D eigenvalue weighted by Crippen LogP contribution is -2.50. The zero-order valence-electron chi connectivity index (χ0n) is 16.1. The fourth-order valence-electron chi connectivity index (χ4n) is 3.09. The number of nitrogen functional groups attached to an aromatic ring is 1. The molecule has 0 saturated carbocycles. The largest absolute Gasteiger partial charge is 0.399 e. The quantitative estimate of drug-likeness (QED) is 0.713. The second-order valence-electron chi connectivity index (χ2n) is 6.70. The molecule has 1 saturated heterocycles.